The van der Waals surface area contributed by atoms with Crippen molar-refractivity contribution in [1.29, 1.82) is 0 Å². The second kappa shape index (κ2) is 10.2. The molecule has 2 aromatic heterocycles. The number of aromatic nitrogens is 3. The molecule has 4 aromatic rings. The molecule has 0 radical (unpaired) electrons. The molecule has 7 heteroatoms. The van der Waals surface area contributed by atoms with Crippen LogP contribution in [0.1, 0.15) is 34.6 Å². The van der Waals surface area contributed by atoms with Gasteiger partial charge in [-0.3, -0.25) is 14.7 Å². The fourth-order valence-electron chi connectivity index (χ4n) is 4.60. The van der Waals surface area contributed by atoms with Crippen molar-refractivity contribution < 1.29 is 4.79 Å². The zero-order chi connectivity index (χ0) is 24.2. The summed E-state index contributed by atoms with van der Waals surface area (Å²) in [6.45, 7) is 4.65. The zero-order valence-corrected chi connectivity index (χ0v) is 19.9. The Morgan fingerprint density at radius 2 is 1.94 bits per heavy atom. The topological polar surface area (TPSA) is 89.1 Å². The molecule has 1 saturated heterocycles. The van der Waals surface area contributed by atoms with Crippen LogP contribution < -0.4 is 11.1 Å². The number of nitrogens with one attached hydrogen (secondary N) is 1. The van der Waals surface area contributed by atoms with Gasteiger partial charge in [-0.05, 0) is 73.3 Å². The molecule has 5 rings (SSSR count). The maximum atomic E-state index is 13.2. The van der Waals surface area contributed by atoms with Crippen LogP contribution in [-0.4, -0.2) is 44.5 Å². The van der Waals surface area contributed by atoms with Crippen LogP contribution in [0.5, 0.6) is 0 Å². The van der Waals surface area contributed by atoms with E-state index in [1.165, 1.54) is 0 Å². The van der Waals surface area contributed by atoms with Gasteiger partial charge >= 0.3 is 0 Å². The quantitative estimate of drug-likeness (QED) is 0.439. The molecule has 1 fully saturated rings. The highest BCUT2D eigenvalue weighted by Crippen LogP contribution is 2.23. The van der Waals surface area contributed by atoms with Gasteiger partial charge in [-0.2, -0.15) is 0 Å². The monoisotopic (exact) mass is 466 g/mol. The van der Waals surface area contributed by atoms with Gasteiger partial charge in [0.25, 0.3) is 5.91 Å². The summed E-state index contributed by atoms with van der Waals surface area (Å²) in [6, 6.07) is 20.1. The number of pyridine rings is 1. The first-order valence-electron chi connectivity index (χ1n) is 12.0. The standard InChI is InChI=1S/C28H30N6O/c1-20-16-34(19-31-20)26-13-21(17-33-11-5-8-24(29)18-33)12-25(15-26)32-28(35)27-14-23(9-10-30-27)22-6-3-2-4-7-22/h2-4,6-7,9-10,12-16,19,24H,5,8,11,17-18,29H2,1H3,(H,32,35)/t24-/m0/s1. The van der Waals surface area contributed by atoms with Gasteiger partial charge in [0, 0.05) is 42.9 Å². The Morgan fingerprint density at radius 1 is 1.09 bits per heavy atom. The van der Waals surface area contributed by atoms with Crippen molar-refractivity contribution in [3.8, 4) is 16.8 Å². The third kappa shape index (κ3) is 5.65. The summed E-state index contributed by atoms with van der Waals surface area (Å²) < 4.78 is 1.98. The van der Waals surface area contributed by atoms with E-state index >= 15 is 0 Å². The molecule has 1 amide bonds. The van der Waals surface area contributed by atoms with Crippen LogP contribution in [0, 0.1) is 6.92 Å². The summed E-state index contributed by atoms with van der Waals surface area (Å²) in [5, 5.41) is 3.06. The third-order valence-corrected chi connectivity index (χ3v) is 6.29. The normalized spacial score (nSPS) is 16.2. The van der Waals surface area contributed by atoms with E-state index in [0.717, 1.165) is 66.2 Å². The van der Waals surface area contributed by atoms with E-state index in [1.54, 1.807) is 12.5 Å². The summed E-state index contributed by atoms with van der Waals surface area (Å²) in [5.41, 5.74) is 12.3. The Bertz CT molecular complexity index is 1320. The molecule has 1 aliphatic rings. The van der Waals surface area contributed by atoms with Crippen molar-refractivity contribution in [3.05, 3.63) is 96.3 Å². The third-order valence-electron chi connectivity index (χ3n) is 6.29. The maximum Gasteiger partial charge on any atom is 0.274 e. The number of nitrogens with zero attached hydrogens (tertiary/aromatic N) is 4. The van der Waals surface area contributed by atoms with Gasteiger partial charge in [0.15, 0.2) is 0 Å². The van der Waals surface area contributed by atoms with Gasteiger partial charge in [0.1, 0.15) is 5.69 Å². The van der Waals surface area contributed by atoms with Crippen molar-refractivity contribution in [1.82, 2.24) is 19.4 Å². The molecule has 0 aliphatic carbocycles. The first kappa shape index (κ1) is 23.0. The first-order chi connectivity index (χ1) is 17.0. The van der Waals surface area contributed by atoms with Crippen LogP contribution in [0.3, 0.4) is 0 Å². The first-order valence-corrected chi connectivity index (χ1v) is 12.0. The second-order valence-electron chi connectivity index (χ2n) is 9.20. The van der Waals surface area contributed by atoms with E-state index in [0.29, 0.717) is 5.69 Å². The van der Waals surface area contributed by atoms with Gasteiger partial charge < -0.3 is 15.6 Å². The van der Waals surface area contributed by atoms with E-state index in [1.807, 2.05) is 72.3 Å². The molecule has 35 heavy (non-hydrogen) atoms. The number of piperidine rings is 1. The largest absolute Gasteiger partial charge is 0.327 e. The van der Waals surface area contributed by atoms with Gasteiger partial charge in [0.05, 0.1) is 12.0 Å². The lowest BCUT2D eigenvalue weighted by Crippen LogP contribution is -2.42. The maximum absolute atomic E-state index is 13.2. The number of rotatable bonds is 6. The van der Waals surface area contributed by atoms with Crippen LogP contribution in [-0.2, 0) is 6.54 Å². The number of imidazole rings is 1. The molecule has 0 unspecified atom stereocenters. The van der Waals surface area contributed by atoms with E-state index in [-0.39, 0.29) is 11.9 Å². The number of carbonyl (C=O) groups excluding carboxylic acids is 1. The lowest BCUT2D eigenvalue weighted by molar-refractivity contribution is 0.102. The van der Waals surface area contributed by atoms with Crippen LogP contribution in [0.4, 0.5) is 5.69 Å². The average Bonchev–Trinajstić information content (AvgIpc) is 3.31. The molecular formula is C28H30N6O. The number of likely N-dealkylation sites (tertiary alicyclic amines) is 1. The van der Waals surface area contributed by atoms with Crippen molar-refractivity contribution in [2.75, 3.05) is 18.4 Å². The minimum absolute atomic E-state index is 0.213. The molecule has 178 valence electrons. The van der Waals surface area contributed by atoms with Crippen molar-refractivity contribution in [2.45, 2.75) is 32.4 Å². The second-order valence-corrected chi connectivity index (χ2v) is 9.20. The number of benzene rings is 2. The molecule has 0 bridgehead atoms. The van der Waals surface area contributed by atoms with Crippen LogP contribution in [0.25, 0.3) is 16.8 Å². The Labute approximate surface area is 205 Å². The van der Waals surface area contributed by atoms with Crippen molar-refractivity contribution >= 4 is 11.6 Å². The number of hydrogen-bond donors (Lipinski definition) is 2. The molecular weight excluding hydrogens is 436 g/mol. The number of amides is 1. The van der Waals surface area contributed by atoms with Crippen LogP contribution in [0.15, 0.2) is 79.4 Å². The van der Waals surface area contributed by atoms with Crippen LogP contribution >= 0.6 is 0 Å². The molecule has 1 atom stereocenters. The number of nitrogens with two attached hydrogens (primary N) is 1. The van der Waals surface area contributed by atoms with E-state index in [2.05, 4.69) is 26.3 Å². The smallest absolute Gasteiger partial charge is 0.274 e. The number of anilines is 1. The lowest BCUT2D eigenvalue weighted by atomic mass is 10.0. The Morgan fingerprint density at radius 3 is 2.71 bits per heavy atom. The molecule has 1 aliphatic heterocycles. The van der Waals surface area contributed by atoms with Crippen molar-refractivity contribution in [3.63, 3.8) is 0 Å². The minimum Gasteiger partial charge on any atom is -0.327 e. The summed E-state index contributed by atoms with van der Waals surface area (Å²) in [4.78, 5) is 24.2. The SMILES string of the molecule is Cc1cn(-c2cc(CN3CCC[C@H](N)C3)cc(NC(=O)c3cc(-c4ccccc4)ccn3)c2)cn1. The van der Waals surface area contributed by atoms with Crippen LogP contribution in [0.2, 0.25) is 0 Å². The van der Waals surface area contributed by atoms with Gasteiger partial charge in [0.2, 0.25) is 0 Å². The van der Waals surface area contributed by atoms with Gasteiger partial charge in [-0.15, -0.1) is 0 Å². The summed E-state index contributed by atoms with van der Waals surface area (Å²) in [7, 11) is 0. The lowest BCUT2D eigenvalue weighted by Gasteiger charge is -2.30. The number of carbonyl (C=O) groups is 1. The van der Waals surface area contributed by atoms with Gasteiger partial charge in [-0.25, -0.2) is 4.98 Å². The Hall–Kier alpha value is -3.81. The fourth-order valence-corrected chi connectivity index (χ4v) is 4.60. The number of hydrogen-bond acceptors (Lipinski definition) is 5. The highest BCUT2D eigenvalue weighted by Gasteiger charge is 2.18. The van der Waals surface area contributed by atoms with E-state index in [4.69, 9.17) is 5.73 Å². The fraction of sp³-hybridized carbons (Fsp3) is 0.250. The highest BCUT2D eigenvalue weighted by atomic mass is 16.1. The summed E-state index contributed by atoms with van der Waals surface area (Å²) in [6.07, 6.45) is 7.62. The summed E-state index contributed by atoms with van der Waals surface area (Å²) >= 11 is 0. The minimum atomic E-state index is -0.243. The molecule has 0 spiro atoms. The molecule has 7 nitrogen and oxygen atoms in total. The predicted octanol–water partition coefficient (Wildman–Crippen LogP) is 4.42. The Kier molecular flexibility index (Phi) is 6.70. The highest BCUT2D eigenvalue weighted by molar-refractivity contribution is 6.03. The van der Waals surface area contributed by atoms with E-state index < -0.39 is 0 Å². The van der Waals surface area contributed by atoms with Crippen molar-refractivity contribution in [2.24, 2.45) is 5.73 Å². The van der Waals surface area contributed by atoms with Gasteiger partial charge in [-0.1, -0.05) is 30.3 Å². The molecule has 2 aromatic carbocycles. The Balaban J connectivity index is 1.42. The average molecular weight is 467 g/mol. The zero-order valence-electron chi connectivity index (χ0n) is 19.9. The molecule has 3 heterocycles. The summed E-state index contributed by atoms with van der Waals surface area (Å²) in [5.74, 6) is -0.243. The molecule has 0 saturated carbocycles. The predicted molar refractivity (Wildman–Crippen MR) is 138 cm³/mol. The number of aryl methyl sites for hydroxylation is 1. The molecule has 3 N–H and O–H groups in total. The van der Waals surface area contributed by atoms with E-state index in [9.17, 15) is 4.79 Å².